The topological polar surface area (TPSA) is 69.6 Å². The minimum atomic E-state index is -4.50. The number of likely N-dealkylation sites (tertiary alicyclic amines) is 1. The molecule has 0 radical (unpaired) electrons. The van der Waals surface area contributed by atoms with Crippen molar-refractivity contribution in [2.24, 2.45) is 0 Å². The molecule has 0 bridgehead atoms. The van der Waals surface area contributed by atoms with E-state index in [2.05, 4.69) is 0 Å². The van der Waals surface area contributed by atoms with E-state index in [-0.39, 0.29) is 13.0 Å². The Kier molecular flexibility index (Phi) is 4.19. The molecule has 1 rings (SSSR count). The Morgan fingerprint density at radius 1 is 1.35 bits per heavy atom. The van der Waals surface area contributed by atoms with Gasteiger partial charge < -0.3 is 15.3 Å². The third kappa shape index (κ3) is 4.12. The molecule has 1 unspecified atom stereocenters. The summed E-state index contributed by atoms with van der Waals surface area (Å²) in [6, 6.07) is -2.01. The molecular formula is C9H13F3N2O3. The van der Waals surface area contributed by atoms with Crippen molar-refractivity contribution in [2.45, 2.75) is 31.5 Å². The van der Waals surface area contributed by atoms with Crippen molar-refractivity contribution in [3.8, 4) is 0 Å². The quantitative estimate of drug-likeness (QED) is 0.777. The first kappa shape index (κ1) is 13.6. The molecule has 1 atom stereocenters. The molecule has 1 fully saturated rings. The molecular weight excluding hydrogens is 241 g/mol. The summed E-state index contributed by atoms with van der Waals surface area (Å²) >= 11 is 0. The predicted molar refractivity (Wildman–Crippen MR) is 51.4 cm³/mol. The number of urea groups is 1. The number of carboxylic acid groups (broad SMARTS) is 1. The number of hydrogen-bond acceptors (Lipinski definition) is 2. The second kappa shape index (κ2) is 5.24. The first-order valence-corrected chi connectivity index (χ1v) is 5.15. The lowest BCUT2D eigenvalue weighted by Crippen LogP contribution is -2.53. The van der Waals surface area contributed by atoms with Gasteiger partial charge >= 0.3 is 18.2 Å². The molecule has 5 nitrogen and oxygen atoms in total. The highest BCUT2D eigenvalue weighted by Gasteiger charge is 2.34. The summed E-state index contributed by atoms with van der Waals surface area (Å²) in [6.45, 7) is -1.28. The van der Waals surface area contributed by atoms with E-state index in [4.69, 9.17) is 5.11 Å². The Balaban J connectivity index is 2.56. The maximum Gasteiger partial charge on any atom is 0.405 e. The fourth-order valence-electron chi connectivity index (χ4n) is 1.71. The number of nitrogens with zero attached hydrogens (tertiary/aromatic N) is 1. The molecule has 0 aromatic rings. The minimum Gasteiger partial charge on any atom is -0.480 e. The molecule has 0 aromatic carbocycles. The fraction of sp³-hybridized carbons (Fsp3) is 0.778. The molecule has 2 N–H and O–H groups in total. The van der Waals surface area contributed by atoms with Crippen LogP contribution in [0.15, 0.2) is 0 Å². The van der Waals surface area contributed by atoms with E-state index < -0.39 is 30.8 Å². The summed E-state index contributed by atoms with van der Waals surface area (Å²) < 4.78 is 35.7. The summed E-state index contributed by atoms with van der Waals surface area (Å²) in [6.07, 6.45) is -2.97. The lowest BCUT2D eigenvalue weighted by atomic mass is 10.0. The number of nitrogens with one attached hydrogen (secondary N) is 1. The van der Waals surface area contributed by atoms with Crippen LogP contribution in [-0.4, -0.2) is 47.3 Å². The molecule has 1 aliphatic heterocycles. The smallest absolute Gasteiger partial charge is 0.405 e. The molecule has 2 amide bonds. The van der Waals surface area contributed by atoms with Gasteiger partial charge in [0.2, 0.25) is 0 Å². The highest BCUT2D eigenvalue weighted by molar-refractivity contribution is 5.82. The van der Waals surface area contributed by atoms with Gasteiger partial charge in [0.25, 0.3) is 0 Å². The Bertz CT molecular complexity index is 306. The van der Waals surface area contributed by atoms with E-state index in [0.717, 1.165) is 4.90 Å². The van der Waals surface area contributed by atoms with E-state index in [0.29, 0.717) is 12.8 Å². The molecule has 0 spiro atoms. The molecule has 8 heteroatoms. The van der Waals surface area contributed by atoms with Gasteiger partial charge in [-0.2, -0.15) is 13.2 Å². The highest BCUT2D eigenvalue weighted by atomic mass is 19.4. The summed E-state index contributed by atoms with van der Waals surface area (Å²) in [7, 11) is 0. The van der Waals surface area contributed by atoms with Crippen molar-refractivity contribution < 1.29 is 27.9 Å². The van der Waals surface area contributed by atoms with E-state index in [1.54, 1.807) is 5.32 Å². The second-order valence-electron chi connectivity index (χ2n) is 3.82. The highest BCUT2D eigenvalue weighted by Crippen LogP contribution is 2.18. The van der Waals surface area contributed by atoms with Crippen LogP contribution in [0, 0.1) is 0 Å². The molecule has 0 aliphatic carbocycles. The zero-order chi connectivity index (χ0) is 13.1. The normalized spacial score (nSPS) is 21.1. The fourth-order valence-corrected chi connectivity index (χ4v) is 1.71. The van der Waals surface area contributed by atoms with Crippen molar-refractivity contribution in [3.63, 3.8) is 0 Å². The van der Waals surface area contributed by atoms with Crippen molar-refractivity contribution in [3.05, 3.63) is 0 Å². The largest absolute Gasteiger partial charge is 0.480 e. The summed E-state index contributed by atoms with van der Waals surface area (Å²) in [4.78, 5) is 23.2. The third-order valence-electron chi connectivity index (χ3n) is 2.49. The lowest BCUT2D eigenvalue weighted by molar-refractivity contribution is -0.143. The van der Waals surface area contributed by atoms with Crippen LogP contribution in [-0.2, 0) is 4.79 Å². The maximum atomic E-state index is 11.9. The number of hydrogen-bond donors (Lipinski definition) is 2. The van der Waals surface area contributed by atoms with Gasteiger partial charge in [-0.1, -0.05) is 0 Å². The van der Waals surface area contributed by atoms with Gasteiger partial charge in [0.1, 0.15) is 12.6 Å². The lowest BCUT2D eigenvalue weighted by Gasteiger charge is -2.32. The first-order chi connectivity index (χ1) is 7.81. The number of carboxylic acids is 1. The van der Waals surface area contributed by atoms with Crippen LogP contribution in [0.4, 0.5) is 18.0 Å². The number of rotatable bonds is 2. The summed E-state index contributed by atoms with van der Waals surface area (Å²) in [5, 5.41) is 10.5. The van der Waals surface area contributed by atoms with Crippen molar-refractivity contribution in [1.29, 1.82) is 0 Å². The van der Waals surface area contributed by atoms with Crippen LogP contribution in [0.25, 0.3) is 0 Å². The number of halogens is 3. The van der Waals surface area contributed by atoms with Gasteiger partial charge in [0.15, 0.2) is 0 Å². The van der Waals surface area contributed by atoms with Crippen LogP contribution < -0.4 is 5.32 Å². The molecule has 1 saturated heterocycles. The molecule has 0 aromatic heterocycles. The van der Waals surface area contributed by atoms with E-state index in [1.807, 2.05) is 0 Å². The van der Waals surface area contributed by atoms with Gasteiger partial charge in [-0.05, 0) is 19.3 Å². The van der Waals surface area contributed by atoms with Gasteiger partial charge in [-0.15, -0.1) is 0 Å². The van der Waals surface area contributed by atoms with Crippen molar-refractivity contribution in [1.82, 2.24) is 10.2 Å². The SMILES string of the molecule is O=C(O)C1CCCCN1C(=O)NCC(F)(F)F. The van der Waals surface area contributed by atoms with E-state index in [1.165, 1.54) is 0 Å². The summed E-state index contributed by atoms with van der Waals surface area (Å²) in [5.74, 6) is -1.19. The van der Waals surface area contributed by atoms with Crippen LogP contribution >= 0.6 is 0 Å². The van der Waals surface area contributed by atoms with Gasteiger partial charge in [-0.3, -0.25) is 0 Å². The summed E-state index contributed by atoms with van der Waals surface area (Å²) in [5.41, 5.74) is 0. The monoisotopic (exact) mass is 254 g/mol. The molecule has 98 valence electrons. The van der Waals surface area contributed by atoms with Gasteiger partial charge in [-0.25, -0.2) is 9.59 Å². The average Bonchev–Trinajstić information content (AvgIpc) is 2.25. The number of aliphatic carboxylic acids is 1. The average molecular weight is 254 g/mol. The molecule has 17 heavy (non-hydrogen) atoms. The molecule has 1 aliphatic rings. The standard InChI is InChI=1S/C9H13F3N2O3/c10-9(11,12)5-13-8(17)14-4-2-1-3-6(14)7(15)16/h6H,1-5H2,(H,13,17)(H,15,16). The number of carbonyl (C=O) groups is 2. The van der Waals surface area contributed by atoms with E-state index in [9.17, 15) is 22.8 Å². The van der Waals surface area contributed by atoms with Crippen LogP contribution in [0.2, 0.25) is 0 Å². The first-order valence-electron chi connectivity index (χ1n) is 5.15. The Labute approximate surface area is 95.6 Å². The molecule has 1 heterocycles. The van der Waals surface area contributed by atoms with E-state index >= 15 is 0 Å². The van der Waals surface area contributed by atoms with Crippen molar-refractivity contribution >= 4 is 12.0 Å². The van der Waals surface area contributed by atoms with Gasteiger partial charge in [0.05, 0.1) is 0 Å². The number of amides is 2. The zero-order valence-corrected chi connectivity index (χ0v) is 8.96. The Hall–Kier alpha value is -1.47. The zero-order valence-electron chi connectivity index (χ0n) is 8.96. The van der Waals surface area contributed by atoms with Crippen molar-refractivity contribution in [2.75, 3.05) is 13.1 Å². The van der Waals surface area contributed by atoms with Crippen LogP contribution in [0.1, 0.15) is 19.3 Å². The number of alkyl halides is 3. The predicted octanol–water partition coefficient (Wildman–Crippen LogP) is 1.20. The maximum absolute atomic E-state index is 11.9. The molecule has 0 saturated carbocycles. The second-order valence-corrected chi connectivity index (χ2v) is 3.82. The Morgan fingerprint density at radius 3 is 2.53 bits per heavy atom. The number of piperidine rings is 1. The van der Waals surface area contributed by atoms with Crippen LogP contribution in [0.3, 0.4) is 0 Å². The third-order valence-corrected chi connectivity index (χ3v) is 2.49. The number of carbonyl (C=O) groups excluding carboxylic acids is 1. The van der Waals surface area contributed by atoms with Gasteiger partial charge in [0, 0.05) is 6.54 Å². The minimum absolute atomic E-state index is 0.167. The Morgan fingerprint density at radius 2 is 2.00 bits per heavy atom. The van der Waals surface area contributed by atoms with Crippen LogP contribution in [0.5, 0.6) is 0 Å².